The molecular weight excluding hydrogens is 314 g/mol. The molecule has 2 aliphatic rings. The molecule has 2 aliphatic heterocycles. The molecule has 0 radical (unpaired) electrons. The van der Waals surface area contributed by atoms with Gasteiger partial charge in [-0.2, -0.15) is 5.10 Å². The number of aromatic nitrogens is 4. The molecule has 4 heterocycles. The van der Waals surface area contributed by atoms with Crippen LogP contribution in [-0.2, 0) is 13.6 Å². The molecular formula is C18H27N7. The smallest absolute Gasteiger partial charge is 0.134 e. The van der Waals surface area contributed by atoms with Gasteiger partial charge in [0.05, 0.1) is 5.69 Å². The molecule has 0 bridgehead atoms. The minimum atomic E-state index is 0.965. The van der Waals surface area contributed by atoms with Crippen LogP contribution in [-0.4, -0.2) is 63.9 Å². The van der Waals surface area contributed by atoms with E-state index in [2.05, 4.69) is 41.9 Å². The van der Waals surface area contributed by atoms with Gasteiger partial charge in [0.25, 0.3) is 0 Å². The van der Waals surface area contributed by atoms with E-state index < -0.39 is 0 Å². The summed E-state index contributed by atoms with van der Waals surface area (Å²) in [6, 6.07) is 4.27. The molecule has 25 heavy (non-hydrogen) atoms. The van der Waals surface area contributed by atoms with E-state index in [1.807, 2.05) is 17.9 Å². The topological polar surface area (TPSA) is 53.3 Å². The van der Waals surface area contributed by atoms with Crippen LogP contribution in [0.3, 0.4) is 0 Å². The van der Waals surface area contributed by atoms with Gasteiger partial charge >= 0.3 is 0 Å². The van der Waals surface area contributed by atoms with Crippen molar-refractivity contribution in [1.29, 1.82) is 0 Å². The van der Waals surface area contributed by atoms with Crippen LogP contribution in [0.15, 0.2) is 24.7 Å². The second-order valence-corrected chi connectivity index (χ2v) is 6.99. The molecule has 0 amide bonds. The molecule has 0 aromatic carbocycles. The van der Waals surface area contributed by atoms with Crippen molar-refractivity contribution in [3.63, 3.8) is 0 Å². The Balaban J connectivity index is 1.36. The predicted octanol–water partition coefficient (Wildman–Crippen LogP) is 1.52. The number of nitrogens with zero attached hydrogens (tertiary/aromatic N) is 7. The van der Waals surface area contributed by atoms with E-state index in [4.69, 9.17) is 0 Å². The zero-order chi connectivity index (χ0) is 17.1. The first-order valence-corrected chi connectivity index (χ1v) is 9.31. The maximum atomic E-state index is 4.53. The molecule has 0 atom stereocenters. The van der Waals surface area contributed by atoms with Gasteiger partial charge in [0.2, 0.25) is 0 Å². The molecule has 2 saturated heterocycles. The summed E-state index contributed by atoms with van der Waals surface area (Å²) in [6.45, 7) is 7.32. The highest BCUT2D eigenvalue weighted by atomic mass is 15.3. The lowest BCUT2D eigenvalue weighted by Gasteiger charge is -2.35. The van der Waals surface area contributed by atoms with Gasteiger partial charge in [0.1, 0.15) is 18.0 Å². The number of hydrogen-bond donors (Lipinski definition) is 0. The molecule has 2 aromatic rings. The van der Waals surface area contributed by atoms with Crippen LogP contribution in [0, 0.1) is 0 Å². The van der Waals surface area contributed by atoms with Crippen molar-refractivity contribution >= 4 is 11.6 Å². The summed E-state index contributed by atoms with van der Waals surface area (Å²) in [6.07, 6.45) is 7.47. The Morgan fingerprint density at radius 1 is 0.880 bits per heavy atom. The number of piperidine rings is 1. The largest absolute Gasteiger partial charge is 0.356 e. The first-order chi connectivity index (χ1) is 12.3. The van der Waals surface area contributed by atoms with E-state index in [0.717, 1.165) is 57.4 Å². The average Bonchev–Trinajstić information content (AvgIpc) is 3.08. The van der Waals surface area contributed by atoms with Gasteiger partial charge < -0.3 is 9.80 Å². The Bertz CT molecular complexity index is 684. The van der Waals surface area contributed by atoms with Gasteiger partial charge in [0.15, 0.2) is 0 Å². The zero-order valence-electron chi connectivity index (χ0n) is 15.0. The van der Waals surface area contributed by atoms with Crippen molar-refractivity contribution in [1.82, 2.24) is 24.6 Å². The lowest BCUT2D eigenvalue weighted by atomic mass is 10.1. The summed E-state index contributed by atoms with van der Waals surface area (Å²) in [5.74, 6) is 2.15. The van der Waals surface area contributed by atoms with Gasteiger partial charge in [-0.25, -0.2) is 9.97 Å². The Morgan fingerprint density at radius 2 is 1.56 bits per heavy atom. The maximum Gasteiger partial charge on any atom is 0.134 e. The molecule has 134 valence electrons. The second-order valence-electron chi connectivity index (χ2n) is 6.99. The minimum absolute atomic E-state index is 0.965. The molecule has 0 spiro atoms. The number of piperazine rings is 1. The maximum absolute atomic E-state index is 4.53. The molecule has 2 fully saturated rings. The molecule has 0 saturated carbocycles. The predicted molar refractivity (Wildman–Crippen MR) is 98.8 cm³/mol. The molecule has 2 aromatic heterocycles. The van der Waals surface area contributed by atoms with Crippen molar-refractivity contribution in [2.75, 3.05) is 49.1 Å². The summed E-state index contributed by atoms with van der Waals surface area (Å²) in [4.78, 5) is 16.3. The Labute approximate surface area is 149 Å². The van der Waals surface area contributed by atoms with Gasteiger partial charge in [0, 0.05) is 65.1 Å². The van der Waals surface area contributed by atoms with Crippen LogP contribution in [0.25, 0.3) is 0 Å². The first kappa shape index (κ1) is 16.3. The van der Waals surface area contributed by atoms with Crippen LogP contribution in [0.2, 0.25) is 0 Å². The standard InChI is InChI=1S/C18H27N7/c1-22-16(5-6-21-22)14-23-9-11-25(12-10-23)18-13-17(19-15-20-18)24-7-3-2-4-8-24/h5-6,13,15H,2-4,7-12,14H2,1H3. The molecule has 0 aliphatic carbocycles. The van der Waals surface area contributed by atoms with Crippen LogP contribution >= 0.6 is 0 Å². The van der Waals surface area contributed by atoms with Crippen molar-refractivity contribution in [2.45, 2.75) is 25.8 Å². The van der Waals surface area contributed by atoms with E-state index in [-0.39, 0.29) is 0 Å². The van der Waals surface area contributed by atoms with Gasteiger partial charge in [-0.3, -0.25) is 9.58 Å². The number of rotatable bonds is 4. The average molecular weight is 341 g/mol. The Kier molecular flexibility index (Phi) is 4.83. The highest BCUT2D eigenvalue weighted by Gasteiger charge is 2.20. The number of aryl methyl sites for hydroxylation is 1. The zero-order valence-corrected chi connectivity index (χ0v) is 15.0. The van der Waals surface area contributed by atoms with E-state index in [1.54, 1.807) is 6.33 Å². The monoisotopic (exact) mass is 341 g/mol. The molecule has 0 N–H and O–H groups in total. The lowest BCUT2D eigenvalue weighted by molar-refractivity contribution is 0.243. The summed E-state index contributed by atoms with van der Waals surface area (Å²) in [5, 5.41) is 4.26. The third-order valence-corrected chi connectivity index (χ3v) is 5.32. The van der Waals surface area contributed by atoms with E-state index in [1.165, 1.54) is 25.0 Å². The SMILES string of the molecule is Cn1nccc1CN1CCN(c2cc(N3CCCCC3)ncn2)CC1. The molecule has 4 rings (SSSR count). The molecule has 7 nitrogen and oxygen atoms in total. The second kappa shape index (κ2) is 7.39. The van der Waals surface area contributed by atoms with E-state index in [0.29, 0.717) is 0 Å². The highest BCUT2D eigenvalue weighted by Crippen LogP contribution is 2.22. The van der Waals surface area contributed by atoms with Crippen molar-refractivity contribution < 1.29 is 0 Å². The summed E-state index contributed by atoms with van der Waals surface area (Å²) < 4.78 is 1.96. The lowest BCUT2D eigenvalue weighted by Crippen LogP contribution is -2.46. The van der Waals surface area contributed by atoms with Crippen molar-refractivity contribution in [3.8, 4) is 0 Å². The van der Waals surface area contributed by atoms with Crippen LogP contribution in [0.1, 0.15) is 25.0 Å². The third-order valence-electron chi connectivity index (χ3n) is 5.32. The Hall–Kier alpha value is -2.15. The fourth-order valence-corrected chi connectivity index (χ4v) is 3.73. The normalized spacial score (nSPS) is 19.4. The van der Waals surface area contributed by atoms with Crippen LogP contribution < -0.4 is 9.80 Å². The summed E-state index contributed by atoms with van der Waals surface area (Å²) in [7, 11) is 2.01. The van der Waals surface area contributed by atoms with Crippen molar-refractivity contribution in [3.05, 3.63) is 30.4 Å². The van der Waals surface area contributed by atoms with Crippen LogP contribution in [0.4, 0.5) is 11.6 Å². The summed E-state index contributed by atoms with van der Waals surface area (Å²) in [5.41, 5.74) is 1.27. The number of anilines is 2. The number of hydrogen-bond acceptors (Lipinski definition) is 6. The van der Waals surface area contributed by atoms with E-state index in [9.17, 15) is 0 Å². The Morgan fingerprint density at radius 3 is 2.20 bits per heavy atom. The molecule has 7 heteroatoms. The fourth-order valence-electron chi connectivity index (χ4n) is 3.73. The minimum Gasteiger partial charge on any atom is -0.356 e. The molecule has 0 unspecified atom stereocenters. The fraction of sp³-hybridized carbons (Fsp3) is 0.611. The van der Waals surface area contributed by atoms with Crippen molar-refractivity contribution in [2.24, 2.45) is 7.05 Å². The quantitative estimate of drug-likeness (QED) is 0.840. The van der Waals surface area contributed by atoms with Gasteiger partial charge in [-0.1, -0.05) is 0 Å². The summed E-state index contributed by atoms with van der Waals surface area (Å²) >= 11 is 0. The van der Waals surface area contributed by atoms with Gasteiger partial charge in [-0.15, -0.1) is 0 Å². The van der Waals surface area contributed by atoms with Crippen LogP contribution in [0.5, 0.6) is 0 Å². The van der Waals surface area contributed by atoms with Gasteiger partial charge in [-0.05, 0) is 25.3 Å². The highest BCUT2D eigenvalue weighted by molar-refractivity contribution is 5.50. The first-order valence-electron chi connectivity index (χ1n) is 9.31. The van der Waals surface area contributed by atoms with E-state index >= 15 is 0 Å². The third kappa shape index (κ3) is 3.76.